The van der Waals surface area contributed by atoms with E-state index in [1.165, 1.54) is 0 Å². The van der Waals surface area contributed by atoms with Crippen LogP contribution in [-0.2, 0) is 17.1 Å². The fourth-order valence-corrected chi connectivity index (χ4v) is 5.16. The van der Waals surface area contributed by atoms with Crippen molar-refractivity contribution in [3.63, 3.8) is 0 Å². The summed E-state index contributed by atoms with van der Waals surface area (Å²) in [6.45, 7) is 1.42. The second-order valence-electron chi connectivity index (χ2n) is 6.38. The van der Waals surface area contributed by atoms with Crippen molar-refractivity contribution in [2.24, 2.45) is 7.05 Å². The molecule has 2 aliphatic heterocycles. The minimum absolute atomic E-state index is 0.180. The molecule has 25 heavy (non-hydrogen) atoms. The van der Waals surface area contributed by atoms with Gasteiger partial charge in [-0.25, -0.2) is 8.42 Å². The number of piperidine rings is 1. The van der Waals surface area contributed by atoms with Gasteiger partial charge in [0.2, 0.25) is 10.0 Å². The average molecular weight is 363 g/mol. The highest BCUT2D eigenvalue weighted by atomic mass is 32.2. The zero-order chi connectivity index (χ0) is 17.4. The molecule has 0 amide bonds. The summed E-state index contributed by atoms with van der Waals surface area (Å²) in [7, 11) is -1.78. The Labute approximate surface area is 147 Å². The summed E-state index contributed by atoms with van der Waals surface area (Å²) in [5.74, 6) is 1.08. The summed E-state index contributed by atoms with van der Waals surface area (Å²) in [5, 5.41) is 4.20. The summed E-state index contributed by atoms with van der Waals surface area (Å²) < 4.78 is 40.9. The number of benzene rings is 1. The van der Waals surface area contributed by atoms with Crippen LogP contribution in [0.15, 0.2) is 35.5 Å². The lowest BCUT2D eigenvalue weighted by atomic mass is 10.0. The third-order valence-electron chi connectivity index (χ3n) is 4.68. The Hall–Kier alpha value is -2.06. The van der Waals surface area contributed by atoms with E-state index in [4.69, 9.17) is 9.47 Å². The van der Waals surface area contributed by atoms with Crippen LogP contribution in [0, 0.1) is 0 Å². The first-order chi connectivity index (χ1) is 12.1. The molecule has 3 heterocycles. The molecule has 0 bridgehead atoms. The molecule has 0 spiro atoms. The largest absolute Gasteiger partial charge is 0.486 e. The summed E-state index contributed by atoms with van der Waals surface area (Å²) in [4.78, 5) is 0.243. The maximum atomic E-state index is 13.3. The number of hydrogen-bond donors (Lipinski definition) is 0. The Morgan fingerprint density at radius 2 is 1.96 bits per heavy atom. The van der Waals surface area contributed by atoms with E-state index in [0.29, 0.717) is 31.3 Å². The standard InChI is InChI=1S/C17H21N3O4S/c1-19-12-13(11-18-19)15-4-2-3-7-20(15)25(21,22)14-5-6-16-17(10-14)24-9-8-23-16/h5-6,10-12,15H,2-4,7-9H2,1H3/t15-/m1/s1. The van der Waals surface area contributed by atoms with Gasteiger partial charge >= 0.3 is 0 Å². The molecule has 2 aromatic rings. The molecular weight excluding hydrogens is 342 g/mol. The van der Waals surface area contributed by atoms with Gasteiger partial charge in [0.15, 0.2) is 11.5 Å². The third-order valence-corrected chi connectivity index (χ3v) is 6.59. The highest BCUT2D eigenvalue weighted by molar-refractivity contribution is 7.89. The van der Waals surface area contributed by atoms with Crippen molar-refractivity contribution in [3.05, 3.63) is 36.2 Å². The van der Waals surface area contributed by atoms with Gasteiger partial charge in [0, 0.05) is 31.4 Å². The number of ether oxygens (including phenoxy) is 2. The number of sulfonamides is 1. The number of aryl methyl sites for hydroxylation is 1. The first-order valence-electron chi connectivity index (χ1n) is 8.46. The van der Waals surface area contributed by atoms with Crippen LogP contribution >= 0.6 is 0 Å². The lowest BCUT2D eigenvalue weighted by molar-refractivity contribution is 0.171. The summed E-state index contributed by atoms with van der Waals surface area (Å²) in [5.41, 5.74) is 0.934. The van der Waals surface area contributed by atoms with E-state index >= 15 is 0 Å². The topological polar surface area (TPSA) is 73.7 Å². The minimum Gasteiger partial charge on any atom is -0.486 e. The summed E-state index contributed by atoms with van der Waals surface area (Å²) >= 11 is 0. The molecule has 1 fully saturated rings. The molecule has 134 valence electrons. The van der Waals surface area contributed by atoms with Crippen molar-refractivity contribution < 1.29 is 17.9 Å². The monoisotopic (exact) mass is 363 g/mol. The molecule has 2 aliphatic rings. The predicted molar refractivity (Wildman–Crippen MR) is 91.1 cm³/mol. The Morgan fingerprint density at radius 1 is 1.16 bits per heavy atom. The number of aromatic nitrogens is 2. The van der Waals surface area contributed by atoms with Crippen LogP contribution in [0.1, 0.15) is 30.9 Å². The number of rotatable bonds is 3. The van der Waals surface area contributed by atoms with Gasteiger partial charge in [0.05, 0.1) is 17.1 Å². The van der Waals surface area contributed by atoms with Crippen LogP contribution in [-0.4, -0.2) is 42.3 Å². The number of fused-ring (bicyclic) bond motifs is 1. The van der Waals surface area contributed by atoms with Gasteiger partial charge < -0.3 is 9.47 Å². The van der Waals surface area contributed by atoms with E-state index in [-0.39, 0.29) is 10.9 Å². The van der Waals surface area contributed by atoms with Gasteiger partial charge in [-0.3, -0.25) is 4.68 Å². The zero-order valence-electron chi connectivity index (χ0n) is 14.1. The van der Waals surface area contributed by atoms with E-state index in [9.17, 15) is 8.42 Å². The normalized spacial score (nSPS) is 21.2. The van der Waals surface area contributed by atoms with E-state index in [2.05, 4.69) is 5.10 Å². The van der Waals surface area contributed by atoms with Crippen LogP contribution in [0.5, 0.6) is 11.5 Å². The van der Waals surface area contributed by atoms with Gasteiger partial charge in [-0.05, 0) is 25.0 Å². The number of hydrogen-bond acceptors (Lipinski definition) is 5. The maximum Gasteiger partial charge on any atom is 0.243 e. The van der Waals surface area contributed by atoms with Crippen molar-refractivity contribution >= 4 is 10.0 Å². The molecule has 1 aromatic heterocycles. The maximum absolute atomic E-state index is 13.3. The van der Waals surface area contributed by atoms with Crippen molar-refractivity contribution in [1.82, 2.24) is 14.1 Å². The molecular formula is C17H21N3O4S. The second kappa shape index (κ2) is 6.34. The average Bonchev–Trinajstić information content (AvgIpc) is 3.07. The van der Waals surface area contributed by atoms with Gasteiger partial charge in [0.25, 0.3) is 0 Å². The molecule has 7 nitrogen and oxygen atoms in total. The van der Waals surface area contributed by atoms with Crippen molar-refractivity contribution in [3.8, 4) is 11.5 Å². The summed E-state index contributed by atoms with van der Waals surface area (Å²) in [6.07, 6.45) is 6.31. The lowest BCUT2D eigenvalue weighted by Gasteiger charge is -2.34. The molecule has 0 saturated carbocycles. The molecule has 0 radical (unpaired) electrons. The zero-order valence-corrected chi connectivity index (χ0v) is 14.9. The SMILES string of the molecule is Cn1cc([C@H]2CCCCN2S(=O)(=O)c2ccc3c(c2)OCCO3)cn1. The fourth-order valence-electron chi connectivity index (χ4n) is 3.46. The van der Waals surface area contributed by atoms with Crippen LogP contribution in [0.3, 0.4) is 0 Å². The highest BCUT2D eigenvalue weighted by Crippen LogP contribution is 2.38. The third kappa shape index (κ3) is 3.00. The molecule has 0 aliphatic carbocycles. The summed E-state index contributed by atoms with van der Waals surface area (Å²) in [6, 6.07) is 4.65. The van der Waals surface area contributed by atoms with Crippen molar-refractivity contribution in [2.45, 2.75) is 30.2 Å². The van der Waals surface area contributed by atoms with Crippen LogP contribution in [0.2, 0.25) is 0 Å². The highest BCUT2D eigenvalue weighted by Gasteiger charge is 2.35. The molecule has 1 saturated heterocycles. The van der Waals surface area contributed by atoms with Crippen molar-refractivity contribution in [2.75, 3.05) is 19.8 Å². The first kappa shape index (κ1) is 16.4. The van der Waals surface area contributed by atoms with Gasteiger partial charge in [-0.2, -0.15) is 9.40 Å². The lowest BCUT2D eigenvalue weighted by Crippen LogP contribution is -2.38. The molecule has 4 rings (SSSR count). The van der Waals surface area contributed by atoms with E-state index in [0.717, 1.165) is 24.8 Å². The molecule has 1 aromatic carbocycles. The van der Waals surface area contributed by atoms with E-state index in [1.807, 2.05) is 13.2 Å². The Kier molecular flexibility index (Phi) is 4.16. The van der Waals surface area contributed by atoms with Gasteiger partial charge in [-0.15, -0.1) is 0 Å². The quantitative estimate of drug-likeness (QED) is 0.835. The molecule has 1 atom stereocenters. The van der Waals surface area contributed by atoms with Crippen molar-refractivity contribution in [1.29, 1.82) is 0 Å². The Balaban J connectivity index is 1.70. The van der Waals surface area contributed by atoms with Crippen LogP contribution < -0.4 is 9.47 Å². The van der Waals surface area contributed by atoms with E-state index < -0.39 is 10.0 Å². The molecule has 0 N–H and O–H groups in total. The van der Waals surface area contributed by atoms with E-state index in [1.54, 1.807) is 33.4 Å². The number of nitrogens with zero attached hydrogens (tertiary/aromatic N) is 3. The van der Waals surface area contributed by atoms with Crippen LogP contribution in [0.25, 0.3) is 0 Å². The Bertz CT molecular complexity index is 878. The Morgan fingerprint density at radius 3 is 2.72 bits per heavy atom. The fraction of sp³-hybridized carbons (Fsp3) is 0.471. The smallest absolute Gasteiger partial charge is 0.243 e. The van der Waals surface area contributed by atoms with Gasteiger partial charge in [0.1, 0.15) is 13.2 Å². The first-order valence-corrected chi connectivity index (χ1v) is 9.90. The minimum atomic E-state index is -3.62. The molecule has 8 heteroatoms. The van der Waals surface area contributed by atoms with Gasteiger partial charge in [-0.1, -0.05) is 6.42 Å². The predicted octanol–water partition coefficient (Wildman–Crippen LogP) is 2.11. The van der Waals surface area contributed by atoms with Crippen LogP contribution in [0.4, 0.5) is 0 Å². The molecule has 0 unspecified atom stereocenters. The second-order valence-corrected chi connectivity index (χ2v) is 8.27.